The van der Waals surface area contributed by atoms with E-state index in [-0.39, 0.29) is 6.61 Å². The van der Waals surface area contributed by atoms with E-state index >= 15 is 0 Å². The summed E-state index contributed by atoms with van der Waals surface area (Å²) in [5, 5.41) is 14.3. The molecular formula is C17H23N3OS. The molecule has 4 nitrogen and oxygen atoms in total. The zero-order chi connectivity index (χ0) is 14.9. The molecule has 4 rings (SSSR count). The minimum absolute atomic E-state index is 0.264. The van der Waals surface area contributed by atoms with Crippen LogP contribution in [0.1, 0.15) is 61.3 Å². The highest BCUT2D eigenvalue weighted by Gasteiger charge is 2.29. The zero-order valence-corrected chi connectivity index (χ0v) is 13.7. The summed E-state index contributed by atoms with van der Waals surface area (Å²) < 4.78 is 0. The fourth-order valence-corrected chi connectivity index (χ4v) is 5.30. The van der Waals surface area contributed by atoms with Gasteiger partial charge in [0.1, 0.15) is 17.0 Å². The van der Waals surface area contributed by atoms with Gasteiger partial charge in [-0.2, -0.15) is 0 Å². The van der Waals surface area contributed by atoms with Crippen molar-refractivity contribution in [2.75, 3.05) is 11.9 Å². The van der Waals surface area contributed by atoms with Gasteiger partial charge in [0, 0.05) is 17.5 Å². The number of aromatic nitrogens is 2. The largest absolute Gasteiger partial charge is 0.396 e. The van der Waals surface area contributed by atoms with Crippen LogP contribution in [-0.2, 0) is 6.42 Å². The number of nitrogens with zero attached hydrogens (tertiary/aromatic N) is 2. The van der Waals surface area contributed by atoms with Crippen molar-refractivity contribution in [3.63, 3.8) is 0 Å². The van der Waals surface area contributed by atoms with Crippen molar-refractivity contribution < 1.29 is 5.11 Å². The lowest BCUT2D eigenvalue weighted by Gasteiger charge is -2.24. The maximum Gasteiger partial charge on any atom is 0.138 e. The molecule has 2 N–H and O–H groups in total. The molecule has 0 aliphatic heterocycles. The zero-order valence-electron chi connectivity index (χ0n) is 12.8. The van der Waals surface area contributed by atoms with Crippen LogP contribution in [-0.4, -0.2) is 27.7 Å². The number of nitrogens with one attached hydrogen (secondary N) is 1. The quantitative estimate of drug-likeness (QED) is 0.899. The van der Waals surface area contributed by atoms with Gasteiger partial charge in [-0.1, -0.05) is 19.3 Å². The van der Waals surface area contributed by atoms with E-state index in [1.54, 1.807) is 6.33 Å². The van der Waals surface area contributed by atoms with Crippen molar-refractivity contribution in [1.29, 1.82) is 0 Å². The lowest BCUT2D eigenvalue weighted by Crippen LogP contribution is -2.23. The van der Waals surface area contributed by atoms with Crippen LogP contribution >= 0.6 is 11.3 Å². The summed E-state index contributed by atoms with van der Waals surface area (Å²) in [5.74, 6) is 1.51. The first-order chi connectivity index (χ1) is 10.9. The van der Waals surface area contributed by atoms with Gasteiger partial charge in [-0.3, -0.25) is 0 Å². The first kappa shape index (κ1) is 14.4. The summed E-state index contributed by atoms with van der Waals surface area (Å²) >= 11 is 1.82. The Morgan fingerprint density at radius 1 is 1.18 bits per heavy atom. The standard InChI is InChI=1S/C17H23N3OS/c21-9-8-11-6-7-13-14(11)15-16(18-10-19-17(15)22-13)20-12-4-2-1-3-5-12/h10-12,21H,1-9H2,(H,18,19,20). The molecule has 1 fully saturated rings. The number of thiophene rings is 1. The summed E-state index contributed by atoms with van der Waals surface area (Å²) in [6.45, 7) is 0.264. The van der Waals surface area contributed by atoms with E-state index in [1.165, 1.54) is 47.9 Å². The van der Waals surface area contributed by atoms with Crippen LogP contribution in [0, 0.1) is 0 Å². The third-order valence-corrected chi connectivity index (χ3v) is 6.33. The molecule has 118 valence electrons. The fraction of sp³-hybridized carbons (Fsp3) is 0.647. The Labute approximate surface area is 135 Å². The van der Waals surface area contributed by atoms with Crippen LogP contribution in [0.15, 0.2) is 6.33 Å². The number of aryl methyl sites for hydroxylation is 1. The Bertz CT molecular complexity index is 663. The van der Waals surface area contributed by atoms with Crippen LogP contribution in [0.3, 0.4) is 0 Å². The van der Waals surface area contributed by atoms with Crippen LogP contribution in [0.2, 0.25) is 0 Å². The summed E-state index contributed by atoms with van der Waals surface area (Å²) in [5.41, 5.74) is 1.42. The minimum atomic E-state index is 0.264. The van der Waals surface area contributed by atoms with E-state index < -0.39 is 0 Å². The van der Waals surface area contributed by atoms with Crippen LogP contribution in [0.4, 0.5) is 5.82 Å². The maximum absolute atomic E-state index is 9.35. The van der Waals surface area contributed by atoms with Crippen molar-refractivity contribution >= 4 is 27.4 Å². The SMILES string of the molecule is OCCC1CCc2sc3ncnc(NC4CCCCC4)c3c21. The number of hydrogen-bond donors (Lipinski definition) is 2. The van der Waals surface area contributed by atoms with E-state index in [0.29, 0.717) is 12.0 Å². The van der Waals surface area contributed by atoms with Crippen LogP contribution in [0.25, 0.3) is 10.2 Å². The molecule has 2 aromatic rings. The first-order valence-corrected chi connectivity index (χ1v) is 9.32. The molecule has 1 unspecified atom stereocenters. The molecule has 2 aliphatic carbocycles. The molecule has 22 heavy (non-hydrogen) atoms. The van der Waals surface area contributed by atoms with Crippen molar-refractivity contribution in [1.82, 2.24) is 9.97 Å². The molecule has 1 saturated carbocycles. The highest BCUT2D eigenvalue weighted by atomic mass is 32.1. The number of aliphatic hydroxyl groups is 1. The number of aliphatic hydroxyl groups excluding tert-OH is 1. The van der Waals surface area contributed by atoms with Crippen LogP contribution in [0.5, 0.6) is 0 Å². The highest BCUT2D eigenvalue weighted by molar-refractivity contribution is 7.19. The molecule has 2 heterocycles. The molecule has 1 atom stereocenters. The maximum atomic E-state index is 9.35. The van der Waals surface area contributed by atoms with Gasteiger partial charge >= 0.3 is 0 Å². The van der Waals surface area contributed by atoms with Crippen molar-refractivity contribution in [3.8, 4) is 0 Å². The van der Waals surface area contributed by atoms with Gasteiger partial charge in [-0.05, 0) is 43.6 Å². The molecule has 5 heteroatoms. The van der Waals surface area contributed by atoms with Crippen molar-refractivity contribution in [2.45, 2.75) is 63.3 Å². The van der Waals surface area contributed by atoms with E-state index in [2.05, 4.69) is 15.3 Å². The fourth-order valence-electron chi connectivity index (χ4n) is 4.06. The first-order valence-electron chi connectivity index (χ1n) is 8.50. The molecule has 0 spiro atoms. The van der Waals surface area contributed by atoms with E-state index in [4.69, 9.17) is 0 Å². The normalized spacial score (nSPS) is 22.1. The second-order valence-electron chi connectivity index (χ2n) is 6.57. The highest BCUT2D eigenvalue weighted by Crippen LogP contribution is 2.46. The molecule has 2 aromatic heterocycles. The summed E-state index contributed by atoms with van der Waals surface area (Å²) in [4.78, 5) is 11.6. The smallest absolute Gasteiger partial charge is 0.138 e. The molecule has 0 amide bonds. The second kappa shape index (κ2) is 6.13. The average molecular weight is 317 g/mol. The van der Waals surface area contributed by atoms with Gasteiger partial charge in [0.15, 0.2) is 0 Å². The molecule has 0 bridgehead atoms. The molecule has 0 radical (unpaired) electrons. The minimum Gasteiger partial charge on any atom is -0.396 e. The second-order valence-corrected chi connectivity index (χ2v) is 7.65. The predicted octanol–water partition coefficient (Wildman–Crippen LogP) is 3.85. The molecule has 0 saturated heterocycles. The lowest BCUT2D eigenvalue weighted by atomic mass is 9.95. The Morgan fingerprint density at radius 3 is 2.86 bits per heavy atom. The Kier molecular flexibility index (Phi) is 4.01. The summed E-state index contributed by atoms with van der Waals surface area (Å²) in [7, 11) is 0. The van der Waals surface area contributed by atoms with Gasteiger partial charge in [-0.15, -0.1) is 11.3 Å². The van der Waals surface area contributed by atoms with Gasteiger partial charge < -0.3 is 10.4 Å². The van der Waals surface area contributed by atoms with Gasteiger partial charge in [0.05, 0.1) is 5.39 Å². The lowest BCUT2D eigenvalue weighted by molar-refractivity contribution is 0.275. The van der Waals surface area contributed by atoms with E-state index in [9.17, 15) is 5.11 Å². The van der Waals surface area contributed by atoms with Crippen LogP contribution < -0.4 is 5.32 Å². The molecular weight excluding hydrogens is 294 g/mol. The monoisotopic (exact) mass is 317 g/mol. The third kappa shape index (κ3) is 2.50. The summed E-state index contributed by atoms with van der Waals surface area (Å²) in [6.07, 6.45) is 11.3. The number of rotatable bonds is 4. The van der Waals surface area contributed by atoms with Gasteiger partial charge in [0.2, 0.25) is 0 Å². The topological polar surface area (TPSA) is 58.0 Å². The van der Waals surface area contributed by atoms with Crippen molar-refractivity contribution in [3.05, 3.63) is 16.8 Å². The molecule has 0 aromatic carbocycles. The number of hydrogen-bond acceptors (Lipinski definition) is 5. The summed E-state index contributed by atoms with van der Waals surface area (Å²) in [6, 6.07) is 0.556. The van der Waals surface area contributed by atoms with E-state index in [0.717, 1.165) is 29.9 Å². The Hall–Kier alpha value is -1.20. The molecule has 2 aliphatic rings. The third-order valence-electron chi connectivity index (χ3n) is 5.15. The Morgan fingerprint density at radius 2 is 2.05 bits per heavy atom. The van der Waals surface area contributed by atoms with Gasteiger partial charge in [0.25, 0.3) is 0 Å². The van der Waals surface area contributed by atoms with Crippen molar-refractivity contribution in [2.24, 2.45) is 0 Å². The number of anilines is 1. The Balaban J connectivity index is 1.72. The predicted molar refractivity (Wildman–Crippen MR) is 90.7 cm³/mol. The number of fused-ring (bicyclic) bond motifs is 3. The van der Waals surface area contributed by atoms with E-state index in [1.807, 2.05) is 11.3 Å². The average Bonchev–Trinajstić information content (AvgIpc) is 3.09. The van der Waals surface area contributed by atoms with Gasteiger partial charge in [-0.25, -0.2) is 9.97 Å².